The zero-order chi connectivity index (χ0) is 14.7. The second-order valence-corrected chi connectivity index (χ2v) is 5.52. The SMILES string of the molecule is CN(c1ncc(Cl)cn1)C1CCN(c2ncccn2)CC1. The van der Waals surface area contributed by atoms with Gasteiger partial charge in [-0.1, -0.05) is 11.6 Å². The fraction of sp³-hybridized carbons (Fsp3) is 0.429. The summed E-state index contributed by atoms with van der Waals surface area (Å²) in [6.45, 7) is 1.87. The molecular weight excluding hydrogens is 288 g/mol. The minimum Gasteiger partial charge on any atom is -0.341 e. The first-order valence-electron chi connectivity index (χ1n) is 6.96. The van der Waals surface area contributed by atoms with Gasteiger partial charge in [-0.15, -0.1) is 0 Å². The first-order valence-corrected chi connectivity index (χ1v) is 7.34. The number of aromatic nitrogens is 4. The van der Waals surface area contributed by atoms with Gasteiger partial charge in [-0.25, -0.2) is 19.9 Å². The molecule has 1 aliphatic heterocycles. The maximum atomic E-state index is 5.83. The monoisotopic (exact) mass is 304 g/mol. The molecule has 7 heteroatoms. The van der Waals surface area contributed by atoms with Gasteiger partial charge in [0.25, 0.3) is 0 Å². The van der Waals surface area contributed by atoms with Crippen molar-refractivity contribution < 1.29 is 0 Å². The topological polar surface area (TPSA) is 58.0 Å². The minimum atomic E-state index is 0.422. The normalized spacial score (nSPS) is 16.0. The van der Waals surface area contributed by atoms with Crippen LogP contribution in [0.3, 0.4) is 0 Å². The van der Waals surface area contributed by atoms with E-state index in [0.29, 0.717) is 17.0 Å². The van der Waals surface area contributed by atoms with Gasteiger partial charge in [-0.05, 0) is 18.9 Å². The first kappa shape index (κ1) is 14.0. The molecule has 2 aromatic rings. The highest BCUT2D eigenvalue weighted by molar-refractivity contribution is 6.30. The second-order valence-electron chi connectivity index (χ2n) is 5.08. The van der Waals surface area contributed by atoms with Crippen LogP contribution >= 0.6 is 11.6 Å². The Morgan fingerprint density at radius 1 is 1.10 bits per heavy atom. The van der Waals surface area contributed by atoms with E-state index in [9.17, 15) is 0 Å². The molecule has 0 atom stereocenters. The number of piperidine rings is 1. The number of rotatable bonds is 3. The predicted molar refractivity (Wildman–Crippen MR) is 82.7 cm³/mol. The molecule has 0 unspecified atom stereocenters. The van der Waals surface area contributed by atoms with Crippen LogP contribution in [0.5, 0.6) is 0 Å². The summed E-state index contributed by atoms with van der Waals surface area (Å²) in [6.07, 6.45) is 8.88. The molecule has 110 valence electrons. The van der Waals surface area contributed by atoms with Gasteiger partial charge in [-0.2, -0.15) is 0 Å². The lowest BCUT2D eigenvalue weighted by atomic mass is 10.0. The van der Waals surface area contributed by atoms with Gasteiger partial charge in [0.05, 0.1) is 17.4 Å². The summed E-state index contributed by atoms with van der Waals surface area (Å²) >= 11 is 5.83. The lowest BCUT2D eigenvalue weighted by molar-refractivity contribution is 0.473. The first-order chi connectivity index (χ1) is 10.2. The smallest absolute Gasteiger partial charge is 0.225 e. The molecule has 0 aliphatic carbocycles. The Morgan fingerprint density at radius 3 is 2.33 bits per heavy atom. The molecule has 0 saturated carbocycles. The second kappa shape index (κ2) is 6.22. The predicted octanol–water partition coefficient (Wildman–Crippen LogP) is 2.03. The number of hydrogen-bond acceptors (Lipinski definition) is 6. The van der Waals surface area contributed by atoms with Crippen molar-refractivity contribution in [2.45, 2.75) is 18.9 Å². The van der Waals surface area contributed by atoms with Crippen LogP contribution < -0.4 is 9.80 Å². The molecule has 1 saturated heterocycles. The highest BCUT2D eigenvalue weighted by Crippen LogP contribution is 2.21. The van der Waals surface area contributed by atoms with Gasteiger partial charge < -0.3 is 9.80 Å². The summed E-state index contributed by atoms with van der Waals surface area (Å²) in [4.78, 5) is 21.5. The van der Waals surface area contributed by atoms with E-state index in [2.05, 4.69) is 29.7 Å². The third-order valence-electron chi connectivity index (χ3n) is 3.77. The van der Waals surface area contributed by atoms with Gasteiger partial charge >= 0.3 is 0 Å². The van der Waals surface area contributed by atoms with Crippen LogP contribution in [-0.4, -0.2) is 46.1 Å². The van der Waals surface area contributed by atoms with Crippen molar-refractivity contribution in [3.05, 3.63) is 35.9 Å². The van der Waals surface area contributed by atoms with Crippen molar-refractivity contribution in [3.8, 4) is 0 Å². The molecule has 21 heavy (non-hydrogen) atoms. The van der Waals surface area contributed by atoms with Crippen molar-refractivity contribution >= 4 is 23.5 Å². The summed E-state index contributed by atoms with van der Waals surface area (Å²) in [7, 11) is 2.03. The van der Waals surface area contributed by atoms with Gasteiger partial charge in [0.2, 0.25) is 11.9 Å². The number of halogens is 1. The maximum absolute atomic E-state index is 5.83. The molecule has 1 aliphatic rings. The lowest BCUT2D eigenvalue weighted by Crippen LogP contribution is -2.44. The van der Waals surface area contributed by atoms with E-state index in [4.69, 9.17) is 11.6 Å². The van der Waals surface area contributed by atoms with Crippen LogP contribution in [0, 0.1) is 0 Å². The van der Waals surface area contributed by atoms with E-state index in [1.807, 2.05) is 13.1 Å². The van der Waals surface area contributed by atoms with Gasteiger partial charge in [0.15, 0.2) is 0 Å². The molecule has 6 nitrogen and oxygen atoms in total. The van der Waals surface area contributed by atoms with E-state index in [1.165, 1.54) is 0 Å². The highest BCUT2D eigenvalue weighted by Gasteiger charge is 2.24. The molecule has 0 amide bonds. The van der Waals surface area contributed by atoms with Crippen molar-refractivity contribution in [1.29, 1.82) is 0 Å². The fourth-order valence-electron chi connectivity index (χ4n) is 2.56. The molecule has 0 spiro atoms. The fourth-order valence-corrected chi connectivity index (χ4v) is 2.66. The summed E-state index contributed by atoms with van der Waals surface area (Å²) in [5, 5.41) is 0.559. The van der Waals surface area contributed by atoms with Crippen LogP contribution in [0.15, 0.2) is 30.9 Å². The van der Waals surface area contributed by atoms with Gasteiger partial charge in [-0.3, -0.25) is 0 Å². The Balaban J connectivity index is 1.61. The quantitative estimate of drug-likeness (QED) is 0.865. The summed E-state index contributed by atoms with van der Waals surface area (Å²) in [5.41, 5.74) is 0. The molecule has 0 aromatic carbocycles. The molecule has 1 fully saturated rings. The van der Waals surface area contributed by atoms with Gasteiger partial charge in [0.1, 0.15) is 0 Å². The molecule has 0 N–H and O–H groups in total. The number of nitrogens with zero attached hydrogens (tertiary/aromatic N) is 6. The standard InChI is InChI=1S/C14H17ClN6/c1-20(13-18-9-11(15)10-19-13)12-3-7-21(8-4-12)14-16-5-2-6-17-14/h2,5-6,9-10,12H,3-4,7-8H2,1H3. The van der Waals surface area contributed by atoms with E-state index in [0.717, 1.165) is 31.9 Å². The van der Waals surface area contributed by atoms with Crippen molar-refractivity contribution in [2.24, 2.45) is 0 Å². The van der Waals surface area contributed by atoms with Crippen molar-refractivity contribution in [3.63, 3.8) is 0 Å². The Bertz CT molecular complexity index is 568. The van der Waals surface area contributed by atoms with E-state index in [1.54, 1.807) is 24.8 Å². The molecule has 0 bridgehead atoms. The molecule has 3 rings (SSSR count). The van der Waals surface area contributed by atoms with E-state index < -0.39 is 0 Å². The van der Waals surface area contributed by atoms with Crippen LogP contribution in [0.1, 0.15) is 12.8 Å². The molecule has 2 aromatic heterocycles. The number of anilines is 2. The third-order valence-corrected chi connectivity index (χ3v) is 3.96. The summed E-state index contributed by atoms with van der Waals surface area (Å²) < 4.78 is 0. The molecule has 0 radical (unpaired) electrons. The van der Waals surface area contributed by atoms with Crippen molar-refractivity contribution in [2.75, 3.05) is 29.9 Å². The van der Waals surface area contributed by atoms with Crippen molar-refractivity contribution in [1.82, 2.24) is 19.9 Å². The van der Waals surface area contributed by atoms with Crippen LogP contribution in [0.25, 0.3) is 0 Å². The van der Waals surface area contributed by atoms with E-state index >= 15 is 0 Å². The maximum Gasteiger partial charge on any atom is 0.225 e. The van der Waals surface area contributed by atoms with Crippen LogP contribution in [0.4, 0.5) is 11.9 Å². The minimum absolute atomic E-state index is 0.422. The van der Waals surface area contributed by atoms with E-state index in [-0.39, 0.29) is 0 Å². The Morgan fingerprint density at radius 2 is 1.71 bits per heavy atom. The lowest BCUT2D eigenvalue weighted by Gasteiger charge is -2.36. The summed E-state index contributed by atoms with van der Waals surface area (Å²) in [5.74, 6) is 1.52. The average Bonchev–Trinajstić information content (AvgIpc) is 2.56. The zero-order valence-corrected chi connectivity index (χ0v) is 12.6. The van der Waals surface area contributed by atoms with Gasteiger partial charge in [0, 0.05) is 38.6 Å². The Labute approximate surface area is 128 Å². The third kappa shape index (κ3) is 3.21. The largest absolute Gasteiger partial charge is 0.341 e. The zero-order valence-electron chi connectivity index (χ0n) is 11.9. The Hall–Kier alpha value is -1.95. The Kier molecular flexibility index (Phi) is 4.15. The van der Waals surface area contributed by atoms with Crippen LogP contribution in [0.2, 0.25) is 5.02 Å². The van der Waals surface area contributed by atoms with Crippen LogP contribution in [-0.2, 0) is 0 Å². The summed E-state index contributed by atoms with van der Waals surface area (Å²) in [6, 6.07) is 2.26. The average molecular weight is 305 g/mol. The molecule has 3 heterocycles. The molecular formula is C14H17ClN6. The highest BCUT2D eigenvalue weighted by atomic mass is 35.5. The number of hydrogen-bond donors (Lipinski definition) is 0.